The van der Waals surface area contributed by atoms with Crippen molar-refractivity contribution in [2.45, 2.75) is 6.92 Å². The SMILES string of the molecule is COCC=COC(C)=O. The van der Waals surface area contributed by atoms with E-state index in [1.807, 2.05) is 0 Å². The summed E-state index contributed by atoms with van der Waals surface area (Å²) in [7, 11) is 1.57. The van der Waals surface area contributed by atoms with E-state index in [0.29, 0.717) is 6.61 Å². The fourth-order valence-corrected chi connectivity index (χ4v) is 0.279. The van der Waals surface area contributed by atoms with Crippen LogP contribution >= 0.6 is 0 Å². The van der Waals surface area contributed by atoms with E-state index in [0.717, 1.165) is 0 Å². The van der Waals surface area contributed by atoms with Gasteiger partial charge in [-0.15, -0.1) is 0 Å². The molecule has 0 atom stereocenters. The van der Waals surface area contributed by atoms with Gasteiger partial charge in [-0.2, -0.15) is 0 Å². The normalized spacial score (nSPS) is 10.0. The summed E-state index contributed by atoms with van der Waals surface area (Å²) >= 11 is 0. The Kier molecular flexibility index (Phi) is 4.82. The molecule has 3 heteroatoms. The molecule has 0 saturated heterocycles. The molecular formula is C6H10O3. The van der Waals surface area contributed by atoms with Crippen LogP contribution in [0.15, 0.2) is 12.3 Å². The highest BCUT2D eigenvalue weighted by molar-refractivity contribution is 5.66. The maximum atomic E-state index is 10.1. The van der Waals surface area contributed by atoms with Crippen LogP contribution in [0.25, 0.3) is 0 Å². The van der Waals surface area contributed by atoms with E-state index in [9.17, 15) is 4.79 Å². The van der Waals surface area contributed by atoms with E-state index in [2.05, 4.69) is 9.47 Å². The quantitative estimate of drug-likeness (QED) is 0.417. The number of ether oxygens (including phenoxy) is 2. The van der Waals surface area contributed by atoms with Crippen LogP contribution in [0.5, 0.6) is 0 Å². The molecule has 0 unspecified atom stereocenters. The lowest BCUT2D eigenvalue weighted by atomic mass is 10.7. The molecule has 0 aromatic rings. The lowest BCUT2D eigenvalue weighted by molar-refractivity contribution is -0.135. The Morgan fingerprint density at radius 2 is 2.33 bits per heavy atom. The minimum atomic E-state index is -0.317. The molecule has 0 bridgehead atoms. The minimum absolute atomic E-state index is 0.317. The molecule has 0 heterocycles. The average Bonchev–Trinajstić information content (AvgIpc) is 1.80. The van der Waals surface area contributed by atoms with Crippen molar-refractivity contribution in [2.24, 2.45) is 0 Å². The number of hydrogen-bond donors (Lipinski definition) is 0. The van der Waals surface area contributed by atoms with Gasteiger partial charge >= 0.3 is 5.97 Å². The smallest absolute Gasteiger partial charge is 0.307 e. The molecule has 0 rings (SSSR count). The molecule has 0 aromatic heterocycles. The topological polar surface area (TPSA) is 35.5 Å². The highest BCUT2D eigenvalue weighted by Gasteiger charge is 1.82. The van der Waals surface area contributed by atoms with Gasteiger partial charge in [0.25, 0.3) is 0 Å². The molecule has 0 aromatic carbocycles. The van der Waals surface area contributed by atoms with Gasteiger partial charge in [0.1, 0.15) is 0 Å². The first-order chi connectivity index (χ1) is 4.27. The molecule has 0 spiro atoms. The zero-order chi connectivity index (χ0) is 7.11. The fraction of sp³-hybridized carbons (Fsp3) is 0.500. The van der Waals surface area contributed by atoms with Crippen LogP contribution in [-0.4, -0.2) is 19.7 Å². The van der Waals surface area contributed by atoms with Crippen molar-refractivity contribution in [3.8, 4) is 0 Å². The van der Waals surface area contributed by atoms with Gasteiger partial charge in [-0.1, -0.05) is 0 Å². The molecule has 0 amide bonds. The molecule has 0 fully saturated rings. The minimum Gasteiger partial charge on any atom is -0.435 e. The summed E-state index contributed by atoms with van der Waals surface area (Å²) < 4.78 is 9.09. The standard InChI is InChI=1S/C6H10O3/c1-6(7)9-5-3-4-8-2/h3,5H,4H2,1-2H3. The average molecular weight is 130 g/mol. The van der Waals surface area contributed by atoms with Gasteiger partial charge in [0.05, 0.1) is 12.9 Å². The third kappa shape index (κ3) is 7.17. The molecule has 0 aliphatic carbocycles. The molecular weight excluding hydrogens is 120 g/mol. The van der Waals surface area contributed by atoms with Gasteiger partial charge < -0.3 is 9.47 Å². The predicted molar refractivity (Wildman–Crippen MR) is 32.8 cm³/mol. The number of carbonyl (C=O) groups excluding carboxylic acids is 1. The van der Waals surface area contributed by atoms with Crippen molar-refractivity contribution >= 4 is 5.97 Å². The molecule has 0 saturated carbocycles. The van der Waals surface area contributed by atoms with E-state index in [1.165, 1.54) is 13.2 Å². The maximum Gasteiger partial charge on any atom is 0.307 e. The van der Waals surface area contributed by atoms with Crippen LogP contribution in [0.4, 0.5) is 0 Å². The van der Waals surface area contributed by atoms with Crippen molar-refractivity contribution in [3.05, 3.63) is 12.3 Å². The predicted octanol–water partition coefficient (Wildman–Crippen LogP) is 0.710. The summed E-state index contributed by atoms with van der Waals surface area (Å²) in [4.78, 5) is 10.1. The Morgan fingerprint density at radius 3 is 2.78 bits per heavy atom. The summed E-state index contributed by atoms with van der Waals surface area (Å²) in [5.74, 6) is -0.317. The van der Waals surface area contributed by atoms with Crippen LogP contribution in [0, 0.1) is 0 Å². The van der Waals surface area contributed by atoms with Crippen molar-refractivity contribution in [1.82, 2.24) is 0 Å². The summed E-state index contributed by atoms with van der Waals surface area (Å²) in [5.41, 5.74) is 0. The second kappa shape index (κ2) is 5.31. The van der Waals surface area contributed by atoms with Crippen LogP contribution in [0.2, 0.25) is 0 Å². The highest BCUT2D eigenvalue weighted by Crippen LogP contribution is 1.78. The Hall–Kier alpha value is -0.830. The van der Waals surface area contributed by atoms with Crippen LogP contribution in [0.1, 0.15) is 6.92 Å². The Labute approximate surface area is 54.3 Å². The molecule has 9 heavy (non-hydrogen) atoms. The maximum absolute atomic E-state index is 10.1. The molecule has 3 nitrogen and oxygen atoms in total. The van der Waals surface area contributed by atoms with Crippen molar-refractivity contribution in [1.29, 1.82) is 0 Å². The molecule has 0 N–H and O–H groups in total. The van der Waals surface area contributed by atoms with Gasteiger partial charge in [0, 0.05) is 14.0 Å². The van der Waals surface area contributed by atoms with Crippen molar-refractivity contribution in [3.63, 3.8) is 0 Å². The van der Waals surface area contributed by atoms with Gasteiger partial charge in [-0.25, -0.2) is 0 Å². The first kappa shape index (κ1) is 8.17. The van der Waals surface area contributed by atoms with Gasteiger partial charge in [-0.3, -0.25) is 4.79 Å². The van der Waals surface area contributed by atoms with Gasteiger partial charge in [0.2, 0.25) is 0 Å². The monoisotopic (exact) mass is 130 g/mol. The molecule has 0 aliphatic heterocycles. The number of methoxy groups -OCH3 is 1. The first-order valence-electron chi connectivity index (χ1n) is 2.58. The van der Waals surface area contributed by atoms with Gasteiger partial charge in [-0.05, 0) is 6.08 Å². The van der Waals surface area contributed by atoms with Crippen LogP contribution < -0.4 is 0 Å². The fourth-order valence-electron chi connectivity index (χ4n) is 0.279. The van der Waals surface area contributed by atoms with Gasteiger partial charge in [0.15, 0.2) is 0 Å². The third-order valence-corrected chi connectivity index (χ3v) is 0.593. The highest BCUT2D eigenvalue weighted by atomic mass is 16.5. The van der Waals surface area contributed by atoms with Crippen molar-refractivity contribution < 1.29 is 14.3 Å². The van der Waals surface area contributed by atoms with E-state index >= 15 is 0 Å². The third-order valence-electron chi connectivity index (χ3n) is 0.593. The second-order valence-electron chi connectivity index (χ2n) is 1.44. The van der Waals surface area contributed by atoms with Crippen LogP contribution in [-0.2, 0) is 14.3 Å². The molecule has 0 aliphatic rings. The zero-order valence-corrected chi connectivity index (χ0v) is 5.59. The number of esters is 1. The molecule has 0 radical (unpaired) electrons. The largest absolute Gasteiger partial charge is 0.435 e. The van der Waals surface area contributed by atoms with E-state index < -0.39 is 0 Å². The summed E-state index contributed by atoms with van der Waals surface area (Å²) in [5, 5.41) is 0. The van der Waals surface area contributed by atoms with E-state index in [1.54, 1.807) is 13.2 Å². The summed E-state index contributed by atoms with van der Waals surface area (Å²) in [6.07, 6.45) is 2.92. The zero-order valence-electron chi connectivity index (χ0n) is 5.59. The number of hydrogen-bond acceptors (Lipinski definition) is 3. The second-order valence-corrected chi connectivity index (χ2v) is 1.44. The van der Waals surface area contributed by atoms with E-state index in [4.69, 9.17) is 0 Å². The van der Waals surface area contributed by atoms with Crippen molar-refractivity contribution in [2.75, 3.05) is 13.7 Å². The Bertz CT molecular complexity index is 107. The summed E-state index contributed by atoms with van der Waals surface area (Å²) in [6, 6.07) is 0. The Balaban J connectivity index is 3.14. The number of rotatable bonds is 3. The van der Waals surface area contributed by atoms with E-state index in [-0.39, 0.29) is 5.97 Å². The summed E-state index contributed by atoms with van der Waals surface area (Å²) in [6.45, 7) is 1.81. The number of carbonyl (C=O) groups is 1. The van der Waals surface area contributed by atoms with Crippen LogP contribution in [0.3, 0.4) is 0 Å². The lowest BCUT2D eigenvalue weighted by Crippen LogP contribution is -1.90. The lowest BCUT2D eigenvalue weighted by Gasteiger charge is -1.89. The molecule has 52 valence electrons. The Morgan fingerprint density at radius 1 is 1.67 bits per heavy atom. The first-order valence-corrected chi connectivity index (χ1v) is 2.58.